The van der Waals surface area contributed by atoms with Crippen molar-refractivity contribution in [2.24, 2.45) is 5.73 Å². The van der Waals surface area contributed by atoms with Gasteiger partial charge in [0.25, 0.3) is 0 Å². The summed E-state index contributed by atoms with van der Waals surface area (Å²) in [6.45, 7) is 0.593. The first-order chi connectivity index (χ1) is 9.11. The van der Waals surface area contributed by atoms with Gasteiger partial charge >= 0.3 is 0 Å². The lowest BCUT2D eigenvalue weighted by Gasteiger charge is -2.22. The molecule has 19 heavy (non-hydrogen) atoms. The van der Waals surface area contributed by atoms with Gasteiger partial charge in [-0.2, -0.15) is 0 Å². The van der Waals surface area contributed by atoms with Crippen LogP contribution in [0.4, 0.5) is 4.39 Å². The van der Waals surface area contributed by atoms with Crippen LogP contribution in [0.2, 0.25) is 0 Å². The van der Waals surface area contributed by atoms with Crippen molar-refractivity contribution >= 4 is 11.3 Å². The second-order valence-corrected chi connectivity index (χ2v) is 5.53. The van der Waals surface area contributed by atoms with E-state index in [-0.39, 0.29) is 11.9 Å². The molecule has 0 aliphatic carbocycles. The molecule has 0 aliphatic heterocycles. The normalized spacial score (nSPS) is 12.9. The minimum Gasteiger partial charge on any atom is -0.330 e. The van der Waals surface area contributed by atoms with Crippen molar-refractivity contribution in [1.29, 1.82) is 0 Å². The number of hydrogen-bond acceptors (Lipinski definition) is 4. The molecule has 1 unspecified atom stereocenters. The molecular formula is C14H18FN3S. The van der Waals surface area contributed by atoms with Gasteiger partial charge in [0.1, 0.15) is 10.8 Å². The molecule has 0 bridgehead atoms. The van der Waals surface area contributed by atoms with Crippen molar-refractivity contribution in [3.8, 4) is 0 Å². The molecule has 0 aliphatic rings. The molecule has 0 radical (unpaired) electrons. The molecule has 1 atom stereocenters. The largest absolute Gasteiger partial charge is 0.330 e. The van der Waals surface area contributed by atoms with Gasteiger partial charge in [-0.05, 0) is 38.3 Å². The molecule has 1 aromatic carbocycles. The van der Waals surface area contributed by atoms with Gasteiger partial charge in [0.2, 0.25) is 0 Å². The Bertz CT molecular complexity index is 539. The molecule has 2 N–H and O–H groups in total. The van der Waals surface area contributed by atoms with E-state index in [2.05, 4.69) is 4.98 Å². The summed E-state index contributed by atoms with van der Waals surface area (Å²) in [5.74, 6) is -0.219. The number of rotatable bonds is 5. The van der Waals surface area contributed by atoms with Gasteiger partial charge < -0.3 is 5.73 Å². The Hall–Kier alpha value is -1.30. The lowest BCUT2D eigenvalue weighted by atomic mass is 10.1. The summed E-state index contributed by atoms with van der Waals surface area (Å²) in [5.41, 5.74) is 7.46. The van der Waals surface area contributed by atoms with Gasteiger partial charge in [-0.3, -0.25) is 4.90 Å². The first-order valence-electron chi connectivity index (χ1n) is 6.18. The lowest BCUT2D eigenvalue weighted by molar-refractivity contribution is 0.340. The molecular weight excluding hydrogens is 261 g/mol. The maximum atomic E-state index is 13.4. The molecule has 0 saturated carbocycles. The van der Waals surface area contributed by atoms with E-state index >= 15 is 0 Å². The predicted octanol–water partition coefficient (Wildman–Crippen LogP) is 2.43. The molecule has 2 rings (SSSR count). The summed E-state index contributed by atoms with van der Waals surface area (Å²) in [5, 5.41) is 3.00. The highest BCUT2D eigenvalue weighted by Crippen LogP contribution is 2.29. The summed E-state index contributed by atoms with van der Waals surface area (Å²) in [6, 6.07) is 6.66. The van der Waals surface area contributed by atoms with Crippen LogP contribution in [0.25, 0.3) is 0 Å². The Morgan fingerprint density at radius 2 is 2.21 bits per heavy atom. The molecule has 0 amide bonds. The summed E-state index contributed by atoms with van der Waals surface area (Å²) in [4.78, 5) is 6.64. The second kappa shape index (κ2) is 6.23. The van der Waals surface area contributed by atoms with Gasteiger partial charge in [-0.15, -0.1) is 11.3 Å². The Kier molecular flexibility index (Phi) is 4.63. The Morgan fingerprint density at radius 3 is 2.84 bits per heavy atom. The van der Waals surface area contributed by atoms with Crippen LogP contribution in [-0.4, -0.2) is 30.5 Å². The van der Waals surface area contributed by atoms with Crippen LogP contribution >= 0.6 is 11.3 Å². The second-order valence-electron chi connectivity index (χ2n) is 4.64. The number of benzene rings is 1. The first kappa shape index (κ1) is 14.1. The highest BCUT2D eigenvalue weighted by atomic mass is 32.1. The fraction of sp³-hybridized carbons (Fsp3) is 0.357. The van der Waals surface area contributed by atoms with Crippen LogP contribution in [0, 0.1) is 5.82 Å². The number of halogens is 1. The third-order valence-corrected chi connectivity index (χ3v) is 3.83. The zero-order chi connectivity index (χ0) is 13.8. The van der Waals surface area contributed by atoms with Crippen molar-refractivity contribution < 1.29 is 4.39 Å². The fourth-order valence-corrected chi connectivity index (χ4v) is 3.12. The molecule has 0 fully saturated rings. The first-order valence-corrected chi connectivity index (χ1v) is 7.06. The highest BCUT2D eigenvalue weighted by Gasteiger charge is 2.20. The molecule has 102 valence electrons. The molecule has 1 aromatic heterocycles. The lowest BCUT2D eigenvalue weighted by Crippen LogP contribution is -2.21. The van der Waals surface area contributed by atoms with Crippen LogP contribution in [0.15, 0.2) is 29.6 Å². The van der Waals surface area contributed by atoms with E-state index in [9.17, 15) is 4.39 Å². The zero-order valence-electron chi connectivity index (χ0n) is 11.1. The molecule has 2 aromatic rings. The van der Waals surface area contributed by atoms with Crippen molar-refractivity contribution in [3.63, 3.8) is 0 Å². The van der Waals surface area contributed by atoms with E-state index in [1.54, 1.807) is 23.5 Å². The quantitative estimate of drug-likeness (QED) is 0.914. The maximum absolute atomic E-state index is 13.4. The molecule has 5 heteroatoms. The topological polar surface area (TPSA) is 42.2 Å². The van der Waals surface area contributed by atoms with Crippen molar-refractivity contribution in [3.05, 3.63) is 51.7 Å². The molecule has 3 nitrogen and oxygen atoms in total. The third-order valence-electron chi connectivity index (χ3n) is 2.88. The van der Waals surface area contributed by atoms with Gasteiger partial charge in [-0.25, -0.2) is 9.37 Å². The van der Waals surface area contributed by atoms with E-state index in [0.29, 0.717) is 6.54 Å². The minimum atomic E-state index is -0.219. The molecule has 1 heterocycles. The van der Waals surface area contributed by atoms with Gasteiger partial charge in [-0.1, -0.05) is 12.1 Å². The monoisotopic (exact) mass is 279 g/mol. The average Bonchev–Trinajstić information content (AvgIpc) is 2.78. The van der Waals surface area contributed by atoms with Crippen LogP contribution in [0.1, 0.15) is 22.3 Å². The van der Waals surface area contributed by atoms with E-state index in [1.807, 2.05) is 30.4 Å². The number of aromatic nitrogens is 1. The predicted molar refractivity (Wildman–Crippen MR) is 76.8 cm³/mol. The van der Waals surface area contributed by atoms with Crippen molar-refractivity contribution in [2.45, 2.75) is 12.5 Å². The minimum absolute atomic E-state index is 0.0211. The van der Waals surface area contributed by atoms with Crippen molar-refractivity contribution in [2.75, 3.05) is 20.6 Å². The van der Waals surface area contributed by atoms with Crippen LogP contribution in [0.3, 0.4) is 0 Å². The van der Waals surface area contributed by atoms with E-state index in [0.717, 1.165) is 22.7 Å². The zero-order valence-corrected chi connectivity index (χ0v) is 12.0. The number of nitrogens with two attached hydrogens (primary N) is 1. The van der Waals surface area contributed by atoms with Gasteiger partial charge in [0.05, 0.1) is 11.7 Å². The summed E-state index contributed by atoms with van der Waals surface area (Å²) in [6.07, 6.45) is 0.778. The van der Waals surface area contributed by atoms with E-state index in [4.69, 9.17) is 5.73 Å². The number of nitrogens with zero attached hydrogens (tertiary/aromatic N) is 2. The Labute approximate surface area is 116 Å². The van der Waals surface area contributed by atoms with Crippen LogP contribution < -0.4 is 5.73 Å². The standard InChI is InChI=1S/C14H18FN3S/c1-18(2)13(10-4-3-5-11(15)8-10)14-17-12(6-7-16)9-19-14/h3-5,8-9,13H,6-7,16H2,1-2H3. The van der Waals surface area contributed by atoms with Gasteiger partial charge in [0.15, 0.2) is 0 Å². The number of thiazole rings is 1. The molecule has 0 saturated heterocycles. The van der Waals surface area contributed by atoms with Crippen LogP contribution in [0.5, 0.6) is 0 Å². The average molecular weight is 279 g/mol. The Morgan fingerprint density at radius 1 is 1.42 bits per heavy atom. The summed E-state index contributed by atoms with van der Waals surface area (Å²) >= 11 is 1.60. The molecule has 0 spiro atoms. The highest BCUT2D eigenvalue weighted by molar-refractivity contribution is 7.09. The third kappa shape index (κ3) is 3.37. The van der Waals surface area contributed by atoms with Crippen molar-refractivity contribution in [1.82, 2.24) is 9.88 Å². The SMILES string of the molecule is CN(C)C(c1cccc(F)c1)c1nc(CCN)cs1. The summed E-state index contributed by atoms with van der Waals surface area (Å²) < 4.78 is 13.4. The van der Waals surface area contributed by atoms with E-state index in [1.165, 1.54) is 6.07 Å². The summed E-state index contributed by atoms with van der Waals surface area (Å²) in [7, 11) is 3.94. The van der Waals surface area contributed by atoms with Crippen LogP contribution in [-0.2, 0) is 6.42 Å². The number of hydrogen-bond donors (Lipinski definition) is 1. The van der Waals surface area contributed by atoms with Gasteiger partial charge in [0, 0.05) is 11.8 Å². The Balaban J connectivity index is 2.34. The maximum Gasteiger partial charge on any atom is 0.123 e. The van der Waals surface area contributed by atoms with E-state index < -0.39 is 0 Å². The fourth-order valence-electron chi connectivity index (χ4n) is 2.05. The smallest absolute Gasteiger partial charge is 0.123 e.